The van der Waals surface area contributed by atoms with Gasteiger partial charge < -0.3 is 0 Å². The molecule has 19 heavy (non-hydrogen) atoms. The molecule has 2 aliphatic carbocycles. The van der Waals surface area contributed by atoms with Crippen molar-refractivity contribution in [2.24, 2.45) is 5.92 Å². The quantitative estimate of drug-likeness (QED) is 0.823. The van der Waals surface area contributed by atoms with Gasteiger partial charge in [0, 0.05) is 11.3 Å². The lowest BCUT2D eigenvalue weighted by molar-refractivity contribution is 0.284. The molecule has 0 bridgehead atoms. The van der Waals surface area contributed by atoms with Gasteiger partial charge in [-0.25, -0.2) is 0 Å². The van der Waals surface area contributed by atoms with Crippen LogP contribution in [-0.2, 0) is 0 Å². The molecule has 0 amide bonds. The normalized spacial score (nSPS) is 32.6. The van der Waals surface area contributed by atoms with Crippen molar-refractivity contribution in [1.29, 1.82) is 5.26 Å². The summed E-state index contributed by atoms with van der Waals surface area (Å²) < 4.78 is 0. The Balaban J connectivity index is 1.83. The van der Waals surface area contributed by atoms with Gasteiger partial charge >= 0.3 is 0 Å². The molecule has 2 atom stereocenters. The highest BCUT2D eigenvalue weighted by atomic mass is 32.2. The third-order valence-electron chi connectivity index (χ3n) is 4.53. The van der Waals surface area contributed by atoms with Crippen LogP contribution >= 0.6 is 11.8 Å². The number of hydrogen-bond acceptors (Lipinski definition) is 3. The van der Waals surface area contributed by atoms with Crippen LogP contribution in [0, 0.1) is 17.2 Å². The Morgan fingerprint density at radius 3 is 2.63 bits per heavy atom. The van der Waals surface area contributed by atoms with E-state index in [1.165, 1.54) is 44.3 Å². The molecule has 2 fully saturated rings. The van der Waals surface area contributed by atoms with E-state index in [0.29, 0.717) is 11.3 Å². The van der Waals surface area contributed by atoms with Gasteiger partial charge in [-0.05, 0) is 64.0 Å². The highest BCUT2D eigenvalue weighted by Gasteiger charge is 2.37. The summed E-state index contributed by atoms with van der Waals surface area (Å²) in [6.45, 7) is 4.29. The molecular weight excluding hydrogens is 252 g/mol. The van der Waals surface area contributed by atoms with Crippen LogP contribution in [0.1, 0.15) is 65.2 Å². The van der Waals surface area contributed by atoms with Gasteiger partial charge in [0.1, 0.15) is 5.54 Å². The summed E-state index contributed by atoms with van der Waals surface area (Å²) in [6, 6.07) is 2.98. The average molecular weight is 280 g/mol. The minimum Gasteiger partial charge on any atom is -0.297 e. The number of nitrogens with zero attached hydrogens (tertiary/aromatic N) is 1. The zero-order valence-electron chi connectivity index (χ0n) is 12.5. The summed E-state index contributed by atoms with van der Waals surface area (Å²) in [4.78, 5) is 0. The number of rotatable bonds is 5. The molecule has 0 spiro atoms. The summed E-state index contributed by atoms with van der Waals surface area (Å²) in [5, 5.41) is 13.8. The molecule has 3 heteroatoms. The van der Waals surface area contributed by atoms with Crippen molar-refractivity contribution in [2.45, 2.75) is 82.0 Å². The zero-order chi connectivity index (χ0) is 13.7. The Kier molecular flexibility index (Phi) is 5.59. The van der Waals surface area contributed by atoms with E-state index in [1.54, 1.807) is 0 Å². The first kappa shape index (κ1) is 15.2. The molecule has 2 unspecified atom stereocenters. The van der Waals surface area contributed by atoms with Gasteiger partial charge in [0.25, 0.3) is 0 Å². The molecule has 2 rings (SSSR count). The van der Waals surface area contributed by atoms with Crippen LogP contribution < -0.4 is 5.32 Å². The second-order valence-corrected chi connectivity index (χ2v) is 8.03. The average Bonchev–Trinajstić information content (AvgIpc) is 2.89. The topological polar surface area (TPSA) is 35.8 Å². The monoisotopic (exact) mass is 280 g/mol. The summed E-state index contributed by atoms with van der Waals surface area (Å²) in [5.41, 5.74) is -0.250. The lowest BCUT2D eigenvalue weighted by Gasteiger charge is -2.38. The molecular formula is C16H28N2S. The van der Waals surface area contributed by atoms with Crippen LogP contribution in [0.3, 0.4) is 0 Å². The predicted molar refractivity (Wildman–Crippen MR) is 83.3 cm³/mol. The van der Waals surface area contributed by atoms with Gasteiger partial charge in [-0.3, -0.25) is 5.32 Å². The number of nitrogens with one attached hydrogen (secondary N) is 1. The molecule has 108 valence electrons. The number of nitriles is 1. The predicted octanol–water partition coefficient (Wildman–Crippen LogP) is 4.11. The highest BCUT2D eigenvalue weighted by Crippen LogP contribution is 2.37. The van der Waals surface area contributed by atoms with E-state index < -0.39 is 0 Å². The molecule has 0 aliphatic heterocycles. The van der Waals surface area contributed by atoms with E-state index in [-0.39, 0.29) is 5.54 Å². The Morgan fingerprint density at radius 1 is 1.26 bits per heavy atom. The Morgan fingerprint density at radius 2 is 2.00 bits per heavy atom. The molecule has 0 radical (unpaired) electrons. The molecule has 0 aromatic carbocycles. The van der Waals surface area contributed by atoms with Crippen LogP contribution in [0.15, 0.2) is 0 Å². The summed E-state index contributed by atoms with van der Waals surface area (Å²) in [7, 11) is 0. The van der Waals surface area contributed by atoms with Gasteiger partial charge in [0.15, 0.2) is 0 Å². The zero-order valence-corrected chi connectivity index (χ0v) is 13.3. The van der Waals surface area contributed by atoms with Crippen molar-refractivity contribution in [2.75, 3.05) is 5.75 Å². The number of thioether (sulfide) groups is 1. The molecule has 0 aromatic rings. The van der Waals surface area contributed by atoms with Crippen LogP contribution in [0.4, 0.5) is 0 Å². The highest BCUT2D eigenvalue weighted by molar-refractivity contribution is 7.99. The van der Waals surface area contributed by atoms with Gasteiger partial charge in [-0.2, -0.15) is 17.0 Å². The SMILES string of the molecule is CC(C)NC1(C#N)CCCC(SCC2CCCC2)C1. The third-order valence-corrected chi connectivity index (χ3v) is 6.06. The second-order valence-electron chi connectivity index (χ2n) is 6.70. The van der Waals surface area contributed by atoms with E-state index in [0.717, 1.165) is 18.8 Å². The van der Waals surface area contributed by atoms with Crippen LogP contribution in [0.25, 0.3) is 0 Å². The third kappa shape index (κ3) is 4.39. The summed E-state index contributed by atoms with van der Waals surface area (Å²) in [6.07, 6.45) is 10.3. The van der Waals surface area contributed by atoms with Crippen molar-refractivity contribution >= 4 is 11.8 Å². The fourth-order valence-corrected chi connectivity index (χ4v) is 5.25. The van der Waals surface area contributed by atoms with Crippen LogP contribution in [0.2, 0.25) is 0 Å². The Hall–Kier alpha value is -0.200. The summed E-state index contributed by atoms with van der Waals surface area (Å²) >= 11 is 2.15. The first-order chi connectivity index (χ1) is 9.13. The lowest BCUT2D eigenvalue weighted by atomic mass is 9.82. The van der Waals surface area contributed by atoms with Crippen molar-refractivity contribution in [3.05, 3.63) is 0 Å². The van der Waals surface area contributed by atoms with Crippen molar-refractivity contribution in [1.82, 2.24) is 5.32 Å². The first-order valence-electron chi connectivity index (χ1n) is 7.94. The molecule has 1 N–H and O–H groups in total. The maximum Gasteiger partial charge on any atom is 0.108 e. The fraction of sp³-hybridized carbons (Fsp3) is 0.938. The molecule has 0 aromatic heterocycles. The van der Waals surface area contributed by atoms with Gasteiger partial charge in [-0.1, -0.05) is 12.8 Å². The first-order valence-corrected chi connectivity index (χ1v) is 8.99. The molecule has 0 saturated heterocycles. The summed E-state index contributed by atoms with van der Waals surface area (Å²) in [5.74, 6) is 2.29. The molecule has 2 nitrogen and oxygen atoms in total. The maximum absolute atomic E-state index is 9.57. The Labute approximate surface area is 122 Å². The van der Waals surface area contributed by atoms with Gasteiger partial charge in [0.05, 0.1) is 6.07 Å². The maximum atomic E-state index is 9.57. The second kappa shape index (κ2) is 6.99. The van der Waals surface area contributed by atoms with Crippen LogP contribution in [-0.4, -0.2) is 22.6 Å². The van der Waals surface area contributed by atoms with Crippen molar-refractivity contribution in [3.63, 3.8) is 0 Å². The molecule has 2 aliphatic rings. The van der Waals surface area contributed by atoms with Gasteiger partial charge in [-0.15, -0.1) is 0 Å². The van der Waals surface area contributed by atoms with E-state index in [9.17, 15) is 5.26 Å². The molecule has 2 saturated carbocycles. The molecule has 0 heterocycles. The smallest absolute Gasteiger partial charge is 0.108 e. The fourth-order valence-electron chi connectivity index (χ4n) is 3.63. The van der Waals surface area contributed by atoms with E-state index in [1.807, 2.05) is 0 Å². The number of hydrogen-bond donors (Lipinski definition) is 1. The van der Waals surface area contributed by atoms with E-state index >= 15 is 0 Å². The standard InChI is InChI=1S/C16H28N2S/c1-13(2)18-16(12-17)9-5-8-15(10-16)19-11-14-6-3-4-7-14/h13-15,18H,3-11H2,1-2H3. The lowest BCUT2D eigenvalue weighted by Crippen LogP contribution is -2.51. The van der Waals surface area contributed by atoms with Crippen LogP contribution in [0.5, 0.6) is 0 Å². The van der Waals surface area contributed by atoms with Crippen molar-refractivity contribution < 1.29 is 0 Å². The Bertz CT molecular complexity index is 317. The van der Waals surface area contributed by atoms with Crippen molar-refractivity contribution in [3.8, 4) is 6.07 Å². The minimum absolute atomic E-state index is 0.250. The van der Waals surface area contributed by atoms with E-state index in [4.69, 9.17) is 0 Å². The van der Waals surface area contributed by atoms with Gasteiger partial charge in [0.2, 0.25) is 0 Å². The largest absolute Gasteiger partial charge is 0.297 e. The minimum atomic E-state index is -0.250. The van der Waals surface area contributed by atoms with E-state index in [2.05, 4.69) is 37.0 Å².